The summed E-state index contributed by atoms with van der Waals surface area (Å²) in [4.78, 5) is 20.3. The highest BCUT2D eigenvalue weighted by Gasteiger charge is 2.12. The summed E-state index contributed by atoms with van der Waals surface area (Å²) in [5.74, 6) is 0.921. The Morgan fingerprint density at radius 2 is 1.74 bits per heavy atom. The first-order valence-electron chi connectivity index (χ1n) is 6.99. The smallest absolute Gasteiger partial charge is 0.316 e. The summed E-state index contributed by atoms with van der Waals surface area (Å²) in [6.45, 7) is 3.42. The molecule has 2 rings (SSSR count). The highest BCUT2D eigenvalue weighted by Crippen LogP contribution is 2.20. The van der Waals surface area contributed by atoms with Crippen LogP contribution in [0.5, 0.6) is 17.5 Å². The molecule has 0 saturated heterocycles. The van der Waals surface area contributed by atoms with Crippen molar-refractivity contribution in [3.8, 4) is 17.5 Å². The van der Waals surface area contributed by atoms with Gasteiger partial charge in [-0.1, -0.05) is 6.07 Å². The third-order valence-electron chi connectivity index (χ3n) is 3.11. The van der Waals surface area contributed by atoms with Crippen molar-refractivity contribution in [2.45, 2.75) is 13.8 Å². The zero-order chi connectivity index (χ0) is 16.8. The average Bonchev–Trinajstić information content (AvgIpc) is 2.56. The number of hydrogen-bond donors (Lipinski definition) is 1. The van der Waals surface area contributed by atoms with Crippen LogP contribution in [0.2, 0.25) is 0 Å². The van der Waals surface area contributed by atoms with E-state index in [1.165, 1.54) is 7.11 Å². The lowest BCUT2D eigenvalue weighted by atomic mass is 10.3. The van der Waals surface area contributed by atoms with Gasteiger partial charge in [0.05, 0.1) is 31.3 Å². The monoisotopic (exact) mass is 317 g/mol. The number of nitrogens with one attached hydrogen (secondary N) is 1. The molecule has 0 unspecified atom stereocenters. The molecule has 2 aromatic rings. The Labute approximate surface area is 134 Å². The van der Waals surface area contributed by atoms with Gasteiger partial charge in [-0.2, -0.15) is 9.97 Å². The third kappa shape index (κ3) is 4.32. The first-order chi connectivity index (χ1) is 11.0. The van der Waals surface area contributed by atoms with Gasteiger partial charge < -0.3 is 19.5 Å². The Morgan fingerprint density at radius 3 is 2.35 bits per heavy atom. The number of carbonyl (C=O) groups is 1. The first-order valence-corrected chi connectivity index (χ1v) is 6.99. The van der Waals surface area contributed by atoms with Gasteiger partial charge >= 0.3 is 6.01 Å². The highest BCUT2D eigenvalue weighted by atomic mass is 16.5. The minimum absolute atomic E-state index is 0.127. The summed E-state index contributed by atoms with van der Waals surface area (Å²) < 4.78 is 15.5. The first kappa shape index (κ1) is 16.5. The summed E-state index contributed by atoms with van der Waals surface area (Å²) in [7, 11) is 3.06. The van der Waals surface area contributed by atoms with Crippen molar-refractivity contribution >= 4 is 11.6 Å². The number of methoxy groups -OCH3 is 2. The van der Waals surface area contributed by atoms with Crippen LogP contribution in [0.1, 0.15) is 11.4 Å². The summed E-state index contributed by atoms with van der Waals surface area (Å²) in [5, 5.41) is 2.75. The quantitative estimate of drug-likeness (QED) is 0.879. The lowest BCUT2D eigenvalue weighted by Crippen LogP contribution is -2.22. The highest BCUT2D eigenvalue weighted by molar-refractivity contribution is 5.92. The molecular weight excluding hydrogens is 298 g/mol. The molecule has 0 radical (unpaired) electrons. The van der Waals surface area contributed by atoms with Crippen LogP contribution < -0.4 is 19.5 Å². The number of anilines is 1. The number of nitrogens with zero attached hydrogens (tertiary/aromatic N) is 2. The van der Waals surface area contributed by atoms with E-state index >= 15 is 0 Å². The van der Waals surface area contributed by atoms with Crippen molar-refractivity contribution in [2.24, 2.45) is 0 Å². The molecule has 0 aliphatic carbocycles. The molecule has 1 aromatic carbocycles. The number of hydrogen-bond acceptors (Lipinski definition) is 6. The molecule has 1 aromatic heterocycles. The van der Waals surface area contributed by atoms with Crippen LogP contribution in [-0.2, 0) is 4.79 Å². The van der Waals surface area contributed by atoms with Gasteiger partial charge in [-0.3, -0.25) is 4.79 Å². The number of ether oxygens (including phenoxy) is 3. The van der Waals surface area contributed by atoms with E-state index in [0.717, 1.165) is 0 Å². The minimum Gasteiger partial charge on any atom is -0.497 e. The van der Waals surface area contributed by atoms with Crippen LogP contribution >= 0.6 is 0 Å². The van der Waals surface area contributed by atoms with E-state index in [4.69, 9.17) is 14.2 Å². The zero-order valence-corrected chi connectivity index (χ0v) is 13.5. The molecule has 7 heteroatoms. The van der Waals surface area contributed by atoms with E-state index in [1.54, 1.807) is 45.2 Å². The molecule has 23 heavy (non-hydrogen) atoms. The summed E-state index contributed by atoms with van der Waals surface area (Å²) in [6.07, 6.45) is 0. The largest absolute Gasteiger partial charge is 0.497 e. The van der Waals surface area contributed by atoms with E-state index < -0.39 is 0 Å². The van der Waals surface area contributed by atoms with Gasteiger partial charge in [0.2, 0.25) is 0 Å². The molecule has 0 atom stereocenters. The number of amides is 1. The van der Waals surface area contributed by atoms with Crippen LogP contribution in [0.4, 0.5) is 5.69 Å². The molecule has 0 aliphatic rings. The van der Waals surface area contributed by atoms with Crippen molar-refractivity contribution < 1.29 is 19.0 Å². The fourth-order valence-electron chi connectivity index (χ4n) is 1.97. The van der Waals surface area contributed by atoms with Crippen molar-refractivity contribution in [1.29, 1.82) is 0 Å². The molecule has 1 heterocycles. The molecule has 1 N–H and O–H groups in total. The molecule has 122 valence electrons. The topological polar surface area (TPSA) is 82.6 Å². The number of benzene rings is 1. The number of aryl methyl sites for hydroxylation is 2. The van der Waals surface area contributed by atoms with Crippen molar-refractivity contribution in [1.82, 2.24) is 9.97 Å². The third-order valence-corrected chi connectivity index (χ3v) is 3.11. The maximum absolute atomic E-state index is 12.0. The van der Waals surface area contributed by atoms with Gasteiger partial charge in [-0.15, -0.1) is 0 Å². The van der Waals surface area contributed by atoms with Crippen molar-refractivity contribution in [3.63, 3.8) is 0 Å². The average molecular weight is 317 g/mol. The molecular formula is C16H19N3O4. The minimum atomic E-state index is -0.298. The van der Waals surface area contributed by atoms with Crippen molar-refractivity contribution in [3.05, 3.63) is 35.7 Å². The number of carbonyl (C=O) groups excluding carboxylic acids is 1. The summed E-state index contributed by atoms with van der Waals surface area (Å²) in [5.41, 5.74) is 1.82. The number of rotatable bonds is 6. The maximum Gasteiger partial charge on any atom is 0.316 e. The fraction of sp³-hybridized carbons (Fsp3) is 0.312. The second-order valence-corrected chi connectivity index (χ2v) is 4.77. The molecule has 7 nitrogen and oxygen atoms in total. The van der Waals surface area contributed by atoms with Crippen LogP contribution in [0.15, 0.2) is 24.3 Å². The van der Waals surface area contributed by atoms with Gasteiger partial charge in [-0.25, -0.2) is 0 Å². The Hall–Kier alpha value is -2.83. The van der Waals surface area contributed by atoms with E-state index in [-0.39, 0.29) is 18.5 Å². The van der Waals surface area contributed by atoms with E-state index in [1.807, 2.05) is 0 Å². The van der Waals surface area contributed by atoms with Gasteiger partial charge in [0.15, 0.2) is 6.61 Å². The molecule has 0 spiro atoms. The Bertz CT molecular complexity index is 680. The van der Waals surface area contributed by atoms with Crippen LogP contribution in [-0.4, -0.2) is 36.7 Å². The second kappa shape index (κ2) is 7.44. The molecule has 0 aliphatic heterocycles. The summed E-state index contributed by atoms with van der Waals surface area (Å²) in [6, 6.07) is 7.32. The normalized spacial score (nSPS) is 10.1. The molecule has 0 saturated carbocycles. The standard InChI is InChI=1S/C16H19N3O4/c1-10-15(11(2)18-16(17-10)22-4)19-14(20)9-23-13-7-5-6-12(8-13)21-3/h5-8H,9H2,1-4H3,(H,19,20). The van der Waals surface area contributed by atoms with Crippen LogP contribution in [0, 0.1) is 13.8 Å². The lowest BCUT2D eigenvalue weighted by molar-refractivity contribution is -0.118. The van der Waals surface area contributed by atoms with Gasteiger partial charge in [0, 0.05) is 6.07 Å². The second-order valence-electron chi connectivity index (χ2n) is 4.77. The van der Waals surface area contributed by atoms with Crippen LogP contribution in [0.3, 0.4) is 0 Å². The van der Waals surface area contributed by atoms with E-state index in [9.17, 15) is 4.79 Å². The molecule has 0 bridgehead atoms. The Kier molecular flexibility index (Phi) is 5.35. The Morgan fingerprint density at radius 1 is 1.09 bits per heavy atom. The van der Waals surface area contributed by atoms with Crippen molar-refractivity contribution in [2.75, 3.05) is 26.1 Å². The SMILES string of the molecule is COc1cccc(OCC(=O)Nc2c(C)nc(OC)nc2C)c1. The van der Waals surface area contributed by atoms with E-state index in [2.05, 4.69) is 15.3 Å². The van der Waals surface area contributed by atoms with Gasteiger partial charge in [-0.05, 0) is 26.0 Å². The molecule has 0 fully saturated rings. The zero-order valence-electron chi connectivity index (χ0n) is 13.5. The van der Waals surface area contributed by atoms with Gasteiger partial charge in [0.25, 0.3) is 5.91 Å². The molecule has 1 amide bonds. The lowest BCUT2D eigenvalue weighted by Gasteiger charge is -2.12. The predicted octanol–water partition coefficient (Wildman–Crippen LogP) is 2.13. The number of aromatic nitrogens is 2. The Balaban J connectivity index is 2.00. The summed E-state index contributed by atoms with van der Waals surface area (Å²) >= 11 is 0. The van der Waals surface area contributed by atoms with E-state index in [0.29, 0.717) is 28.6 Å². The maximum atomic E-state index is 12.0. The van der Waals surface area contributed by atoms with Gasteiger partial charge in [0.1, 0.15) is 11.5 Å². The fourth-order valence-corrected chi connectivity index (χ4v) is 1.97. The predicted molar refractivity (Wildman–Crippen MR) is 85.2 cm³/mol. The van der Waals surface area contributed by atoms with Crippen LogP contribution in [0.25, 0.3) is 0 Å².